The van der Waals surface area contributed by atoms with Crippen LogP contribution >= 0.6 is 0 Å². The fourth-order valence-electron chi connectivity index (χ4n) is 6.88. The highest BCUT2D eigenvalue weighted by Crippen LogP contribution is 2.43. The van der Waals surface area contributed by atoms with Crippen LogP contribution in [0.1, 0.15) is 74.7 Å². The Kier molecular flexibility index (Phi) is 15.5. The molecular formula is C36H60O9. The molecule has 9 nitrogen and oxygen atoms in total. The summed E-state index contributed by atoms with van der Waals surface area (Å²) in [5, 5.41) is 22.9. The van der Waals surface area contributed by atoms with Crippen LogP contribution in [0, 0.1) is 29.6 Å². The number of esters is 1. The van der Waals surface area contributed by atoms with Crippen molar-refractivity contribution in [3.05, 3.63) is 47.3 Å². The highest BCUT2D eigenvalue weighted by atomic mass is 16.7. The number of ether oxygens (including phenoxy) is 6. The first-order valence-corrected chi connectivity index (χ1v) is 16.3. The number of carbonyl (C=O) groups is 1. The summed E-state index contributed by atoms with van der Waals surface area (Å²) in [5.74, 6) is -2.89. The standard InChI is InChI=1S/C36H60O9/c1-13-28-25(6)31(42-11)20-36(43-12,45-28)27(8)33(38)26(7)34-29(40-9)16-14-15-21(2)17-23(4)32(37)24(5)18-22(3)19-30(41-10)35(39)44-34/h14-16,18-19,23-29,31-34,37-38H,13,17,20H2,1-12H3/b16-14+,21-15+,22-18+,30-19-/t23-,24-,25-,26+,27+,28-,29-,31-,32+,33-,34-,36-/m0/s1. The molecule has 0 saturated carbocycles. The normalized spacial score (nSPS) is 40.4. The molecule has 2 heterocycles. The molecule has 0 spiro atoms. The van der Waals surface area contributed by atoms with E-state index in [-0.39, 0.29) is 35.7 Å². The Balaban J connectivity index is 2.56. The van der Waals surface area contributed by atoms with Crippen LogP contribution in [0.25, 0.3) is 0 Å². The van der Waals surface area contributed by atoms with E-state index >= 15 is 0 Å². The van der Waals surface area contributed by atoms with Gasteiger partial charge in [0.1, 0.15) is 12.2 Å². The topological polar surface area (TPSA) is 113 Å². The third-order valence-corrected chi connectivity index (χ3v) is 9.91. The lowest BCUT2D eigenvalue weighted by molar-refractivity contribution is -0.335. The number of hydrogen-bond donors (Lipinski definition) is 2. The highest BCUT2D eigenvalue weighted by Gasteiger charge is 2.52. The van der Waals surface area contributed by atoms with Crippen LogP contribution in [0.15, 0.2) is 47.3 Å². The number of cyclic esters (lactones) is 1. The predicted octanol–water partition coefficient (Wildman–Crippen LogP) is 5.75. The summed E-state index contributed by atoms with van der Waals surface area (Å²) < 4.78 is 35.9. The Morgan fingerprint density at radius 1 is 1.09 bits per heavy atom. The fourth-order valence-corrected chi connectivity index (χ4v) is 6.88. The monoisotopic (exact) mass is 636 g/mol. The lowest BCUT2D eigenvalue weighted by Gasteiger charge is -2.51. The Hall–Kier alpha value is -2.01. The number of methoxy groups -OCH3 is 4. The van der Waals surface area contributed by atoms with Crippen molar-refractivity contribution in [1.29, 1.82) is 0 Å². The number of rotatable bonds is 9. The maximum Gasteiger partial charge on any atom is 0.373 e. The zero-order valence-corrected chi connectivity index (χ0v) is 29.6. The molecule has 0 amide bonds. The number of hydrogen-bond acceptors (Lipinski definition) is 9. The third-order valence-electron chi connectivity index (χ3n) is 9.91. The highest BCUT2D eigenvalue weighted by molar-refractivity contribution is 5.87. The van der Waals surface area contributed by atoms with E-state index in [1.807, 2.05) is 65.8 Å². The molecule has 0 bridgehead atoms. The zero-order valence-electron chi connectivity index (χ0n) is 29.6. The molecule has 0 unspecified atom stereocenters. The second kappa shape index (κ2) is 17.8. The van der Waals surface area contributed by atoms with Gasteiger partial charge in [-0.25, -0.2) is 4.79 Å². The van der Waals surface area contributed by atoms with E-state index in [0.717, 1.165) is 17.6 Å². The molecule has 2 aliphatic rings. The minimum Gasteiger partial charge on any atom is -0.490 e. The van der Waals surface area contributed by atoms with E-state index < -0.39 is 48.0 Å². The lowest BCUT2D eigenvalue weighted by Crippen LogP contribution is -2.59. The Labute approximate surface area is 271 Å². The molecule has 258 valence electrons. The van der Waals surface area contributed by atoms with Crippen LogP contribution in [-0.2, 0) is 33.2 Å². The Bertz CT molecular complexity index is 1050. The van der Waals surface area contributed by atoms with Gasteiger partial charge in [-0.3, -0.25) is 0 Å². The zero-order chi connectivity index (χ0) is 34.1. The van der Waals surface area contributed by atoms with Gasteiger partial charge in [0.05, 0.1) is 31.5 Å². The van der Waals surface area contributed by atoms with Crippen molar-refractivity contribution in [2.75, 3.05) is 28.4 Å². The van der Waals surface area contributed by atoms with E-state index in [1.165, 1.54) is 7.11 Å². The average Bonchev–Trinajstić information content (AvgIpc) is 3.02. The number of aliphatic hydroxyl groups is 2. The number of carbonyl (C=O) groups excluding carboxylic acids is 1. The second-order valence-corrected chi connectivity index (χ2v) is 13.2. The lowest BCUT2D eigenvalue weighted by atomic mass is 9.77. The summed E-state index contributed by atoms with van der Waals surface area (Å²) in [6.45, 7) is 15.8. The molecule has 2 rings (SSSR count). The third kappa shape index (κ3) is 9.75. The molecule has 0 aromatic rings. The quantitative estimate of drug-likeness (QED) is 0.305. The molecule has 0 radical (unpaired) electrons. The summed E-state index contributed by atoms with van der Waals surface area (Å²) in [7, 11) is 6.24. The van der Waals surface area contributed by atoms with E-state index in [9.17, 15) is 15.0 Å². The fraction of sp³-hybridized carbons (Fsp3) is 0.750. The minimum absolute atomic E-state index is 0.00609. The molecule has 12 atom stereocenters. The van der Waals surface area contributed by atoms with E-state index in [2.05, 4.69) is 13.8 Å². The summed E-state index contributed by atoms with van der Waals surface area (Å²) in [6.07, 6.45) is 7.73. The smallest absolute Gasteiger partial charge is 0.373 e. The van der Waals surface area contributed by atoms with Gasteiger partial charge in [-0.2, -0.15) is 0 Å². The van der Waals surface area contributed by atoms with Crippen LogP contribution in [0.5, 0.6) is 0 Å². The van der Waals surface area contributed by atoms with Crippen molar-refractivity contribution in [2.24, 2.45) is 29.6 Å². The molecular weight excluding hydrogens is 576 g/mol. The van der Waals surface area contributed by atoms with Gasteiger partial charge in [-0.1, -0.05) is 77.0 Å². The van der Waals surface area contributed by atoms with Crippen molar-refractivity contribution in [1.82, 2.24) is 0 Å². The molecule has 9 heteroatoms. The molecule has 2 aliphatic heterocycles. The number of allylic oxidation sites excluding steroid dienone is 5. The van der Waals surface area contributed by atoms with Crippen LogP contribution < -0.4 is 0 Å². The maximum atomic E-state index is 13.6. The van der Waals surface area contributed by atoms with Gasteiger partial charge in [0, 0.05) is 51.4 Å². The largest absolute Gasteiger partial charge is 0.490 e. The average molecular weight is 637 g/mol. The predicted molar refractivity (Wildman–Crippen MR) is 175 cm³/mol. The minimum atomic E-state index is -1.11. The van der Waals surface area contributed by atoms with Crippen molar-refractivity contribution in [3.8, 4) is 0 Å². The SMILES string of the molecule is CC[C@@H]1O[C@](OC)([C@H](C)[C@@H](O)[C@@H](C)[C@@H]2OC(=O)/C(OC)=C/C(C)=C/[C@H](C)[C@H](O)[C@@H](C)C/C(C)=C/C=C/[C@@H]2OC)C[C@H](OC)[C@H]1C. The summed E-state index contributed by atoms with van der Waals surface area (Å²) in [6, 6.07) is 0. The van der Waals surface area contributed by atoms with Crippen LogP contribution in [0.4, 0.5) is 0 Å². The first-order valence-electron chi connectivity index (χ1n) is 16.3. The number of aliphatic hydroxyl groups excluding tert-OH is 2. The van der Waals surface area contributed by atoms with E-state index in [1.54, 1.807) is 27.4 Å². The van der Waals surface area contributed by atoms with Gasteiger partial charge in [0.25, 0.3) is 0 Å². The first kappa shape index (κ1) is 39.2. The molecule has 2 N–H and O–H groups in total. The van der Waals surface area contributed by atoms with Crippen molar-refractivity contribution >= 4 is 5.97 Å². The molecule has 45 heavy (non-hydrogen) atoms. The summed E-state index contributed by atoms with van der Waals surface area (Å²) in [5.41, 5.74) is 1.85. The van der Waals surface area contributed by atoms with Crippen molar-refractivity contribution in [3.63, 3.8) is 0 Å². The van der Waals surface area contributed by atoms with Gasteiger partial charge < -0.3 is 38.6 Å². The summed E-state index contributed by atoms with van der Waals surface area (Å²) in [4.78, 5) is 13.6. The Morgan fingerprint density at radius 3 is 2.31 bits per heavy atom. The van der Waals surface area contributed by atoms with Crippen LogP contribution in [0.2, 0.25) is 0 Å². The van der Waals surface area contributed by atoms with Gasteiger partial charge in [0.2, 0.25) is 5.76 Å². The van der Waals surface area contributed by atoms with Crippen LogP contribution in [-0.4, -0.2) is 87.0 Å². The van der Waals surface area contributed by atoms with Crippen LogP contribution in [0.3, 0.4) is 0 Å². The summed E-state index contributed by atoms with van der Waals surface area (Å²) >= 11 is 0. The van der Waals surface area contributed by atoms with Gasteiger partial charge in [0.15, 0.2) is 5.79 Å². The van der Waals surface area contributed by atoms with Crippen molar-refractivity contribution < 1.29 is 43.4 Å². The molecule has 1 fully saturated rings. The van der Waals surface area contributed by atoms with E-state index in [0.29, 0.717) is 12.8 Å². The van der Waals surface area contributed by atoms with Crippen molar-refractivity contribution in [2.45, 2.75) is 117 Å². The Morgan fingerprint density at radius 2 is 1.76 bits per heavy atom. The van der Waals surface area contributed by atoms with Gasteiger partial charge in [-0.15, -0.1) is 0 Å². The molecule has 0 aliphatic carbocycles. The first-order chi connectivity index (χ1) is 21.2. The van der Waals surface area contributed by atoms with E-state index in [4.69, 9.17) is 28.4 Å². The molecule has 0 aromatic carbocycles. The van der Waals surface area contributed by atoms with Gasteiger partial charge >= 0.3 is 5.97 Å². The maximum absolute atomic E-state index is 13.6. The molecule has 1 saturated heterocycles. The van der Waals surface area contributed by atoms with Gasteiger partial charge in [-0.05, 0) is 38.7 Å². The second-order valence-electron chi connectivity index (χ2n) is 13.2. The molecule has 0 aromatic heterocycles.